The number of ether oxygens (including phenoxy) is 2. The van der Waals surface area contributed by atoms with Gasteiger partial charge in [-0.3, -0.25) is 14.7 Å². The Morgan fingerprint density at radius 3 is 2.84 bits per heavy atom. The van der Waals surface area contributed by atoms with Gasteiger partial charge in [0.05, 0.1) is 25.0 Å². The normalized spacial score (nSPS) is 14.9. The van der Waals surface area contributed by atoms with Gasteiger partial charge >= 0.3 is 0 Å². The van der Waals surface area contributed by atoms with Crippen LogP contribution in [0.5, 0.6) is 17.4 Å². The van der Waals surface area contributed by atoms with Crippen LogP contribution >= 0.6 is 0 Å². The fourth-order valence-corrected chi connectivity index (χ4v) is 3.67. The van der Waals surface area contributed by atoms with Crippen LogP contribution < -0.4 is 14.8 Å². The molecule has 7 nitrogen and oxygen atoms in total. The molecule has 1 aliphatic rings. The molecular formula is C25H28N4O3. The van der Waals surface area contributed by atoms with E-state index in [9.17, 15) is 4.79 Å². The number of pyridine rings is 2. The van der Waals surface area contributed by atoms with Gasteiger partial charge in [0.25, 0.3) is 0 Å². The van der Waals surface area contributed by atoms with Crippen LogP contribution in [0.3, 0.4) is 0 Å². The molecule has 3 aromatic rings. The summed E-state index contributed by atoms with van der Waals surface area (Å²) in [5.41, 5.74) is 2.64. The van der Waals surface area contributed by atoms with Crippen LogP contribution in [0.2, 0.25) is 0 Å². The third kappa shape index (κ3) is 6.04. The quantitative estimate of drug-likeness (QED) is 0.653. The first-order chi connectivity index (χ1) is 15.7. The van der Waals surface area contributed by atoms with E-state index in [1.807, 2.05) is 49.4 Å². The summed E-state index contributed by atoms with van der Waals surface area (Å²) in [5, 5.41) is 2.95. The molecule has 166 valence electrons. The van der Waals surface area contributed by atoms with E-state index in [0.717, 1.165) is 36.9 Å². The Balaban J connectivity index is 1.52. The maximum absolute atomic E-state index is 12.8. The minimum Gasteiger partial charge on any atom is -0.490 e. The molecule has 0 spiro atoms. The maximum Gasteiger partial charge on any atom is 0.238 e. The molecule has 32 heavy (non-hydrogen) atoms. The van der Waals surface area contributed by atoms with E-state index in [2.05, 4.69) is 20.2 Å². The number of rotatable bonds is 3. The van der Waals surface area contributed by atoms with Gasteiger partial charge in [0.2, 0.25) is 11.8 Å². The third-order valence-corrected chi connectivity index (χ3v) is 5.20. The van der Waals surface area contributed by atoms with Crippen LogP contribution in [0, 0.1) is 6.92 Å². The molecule has 1 amide bonds. The molecule has 0 atom stereocenters. The molecule has 7 heteroatoms. The van der Waals surface area contributed by atoms with Crippen LogP contribution in [0.15, 0.2) is 61.1 Å². The lowest BCUT2D eigenvalue weighted by atomic mass is 10.2. The average Bonchev–Trinajstić information content (AvgIpc) is 2.79. The van der Waals surface area contributed by atoms with Crippen LogP contribution in [0.4, 0.5) is 5.69 Å². The van der Waals surface area contributed by atoms with Crippen molar-refractivity contribution in [2.75, 3.05) is 25.0 Å². The smallest absolute Gasteiger partial charge is 0.238 e. The van der Waals surface area contributed by atoms with E-state index in [4.69, 9.17) is 9.47 Å². The average molecular weight is 433 g/mol. The molecule has 3 heterocycles. The summed E-state index contributed by atoms with van der Waals surface area (Å²) in [5.74, 6) is 1.81. The molecule has 0 bridgehead atoms. The van der Waals surface area contributed by atoms with E-state index in [-0.39, 0.29) is 12.5 Å². The van der Waals surface area contributed by atoms with E-state index < -0.39 is 0 Å². The standard InChI is InChI=1S/C25H28N4O3/c1-19-14-21(16-26-15-19)28-24(30)18-29-12-5-2-6-13-31-22-9-3-4-10-23(22)32-25-20(17-29)8-7-11-27-25/h3-4,7-11,14-16H,2,5-6,12-13,17-18H2,1H3,(H,28,30). The summed E-state index contributed by atoms with van der Waals surface area (Å²) >= 11 is 0. The first kappa shape index (κ1) is 21.8. The molecule has 0 unspecified atom stereocenters. The van der Waals surface area contributed by atoms with Crippen molar-refractivity contribution < 1.29 is 14.3 Å². The number of para-hydroxylation sites is 2. The number of hydrogen-bond donors (Lipinski definition) is 1. The van der Waals surface area contributed by atoms with Crippen molar-refractivity contribution in [1.29, 1.82) is 0 Å². The van der Waals surface area contributed by atoms with E-state index in [1.54, 1.807) is 18.6 Å². The second-order valence-corrected chi connectivity index (χ2v) is 7.94. The van der Waals surface area contributed by atoms with Gasteiger partial charge in [0.15, 0.2) is 11.5 Å². The number of anilines is 1. The number of carbonyl (C=O) groups excluding carboxylic acids is 1. The van der Waals surface area contributed by atoms with Gasteiger partial charge in [-0.25, -0.2) is 4.98 Å². The lowest BCUT2D eigenvalue weighted by molar-refractivity contribution is -0.117. The molecule has 0 aliphatic carbocycles. The maximum atomic E-state index is 12.8. The zero-order valence-corrected chi connectivity index (χ0v) is 18.3. The predicted molar refractivity (Wildman–Crippen MR) is 123 cm³/mol. The molecular weight excluding hydrogens is 404 g/mol. The second kappa shape index (κ2) is 10.7. The van der Waals surface area contributed by atoms with Crippen molar-refractivity contribution in [1.82, 2.24) is 14.9 Å². The molecule has 0 saturated heterocycles. The zero-order valence-electron chi connectivity index (χ0n) is 18.3. The molecule has 2 aromatic heterocycles. The number of aryl methyl sites for hydroxylation is 1. The Hall–Kier alpha value is -3.45. The molecule has 0 radical (unpaired) electrons. The summed E-state index contributed by atoms with van der Waals surface area (Å²) in [6.07, 6.45) is 8.07. The molecule has 0 saturated carbocycles. The zero-order chi connectivity index (χ0) is 22.2. The monoisotopic (exact) mass is 432 g/mol. The molecule has 0 fully saturated rings. The van der Waals surface area contributed by atoms with Crippen molar-refractivity contribution in [2.24, 2.45) is 0 Å². The van der Waals surface area contributed by atoms with Gasteiger partial charge in [-0.05, 0) is 62.6 Å². The highest BCUT2D eigenvalue weighted by molar-refractivity contribution is 5.92. The number of nitrogens with one attached hydrogen (secondary N) is 1. The number of benzene rings is 1. The van der Waals surface area contributed by atoms with Crippen LogP contribution in [0.1, 0.15) is 30.4 Å². The Bertz CT molecular complexity index is 1060. The second-order valence-electron chi connectivity index (χ2n) is 7.94. The van der Waals surface area contributed by atoms with Crippen molar-refractivity contribution in [3.05, 3.63) is 72.2 Å². The fourth-order valence-electron chi connectivity index (χ4n) is 3.67. The number of aromatic nitrogens is 2. The van der Waals surface area contributed by atoms with Gasteiger partial charge in [0, 0.05) is 24.5 Å². The van der Waals surface area contributed by atoms with Crippen LogP contribution in [-0.4, -0.2) is 40.5 Å². The van der Waals surface area contributed by atoms with Crippen LogP contribution in [-0.2, 0) is 11.3 Å². The van der Waals surface area contributed by atoms with Gasteiger partial charge in [-0.2, -0.15) is 0 Å². The molecule has 1 aromatic carbocycles. The highest BCUT2D eigenvalue weighted by Crippen LogP contribution is 2.32. The molecule has 1 aliphatic heterocycles. The van der Waals surface area contributed by atoms with Crippen molar-refractivity contribution >= 4 is 11.6 Å². The summed E-state index contributed by atoms with van der Waals surface area (Å²) in [7, 11) is 0. The molecule has 1 N–H and O–H groups in total. The summed E-state index contributed by atoms with van der Waals surface area (Å²) in [4.78, 5) is 23.5. The largest absolute Gasteiger partial charge is 0.490 e. The van der Waals surface area contributed by atoms with Crippen LogP contribution in [0.25, 0.3) is 0 Å². The van der Waals surface area contributed by atoms with E-state index in [0.29, 0.717) is 36.2 Å². The Labute approximate surface area is 188 Å². The summed E-state index contributed by atoms with van der Waals surface area (Å²) < 4.78 is 12.1. The molecule has 4 rings (SSSR count). The van der Waals surface area contributed by atoms with Crippen molar-refractivity contribution in [2.45, 2.75) is 32.7 Å². The Morgan fingerprint density at radius 2 is 1.97 bits per heavy atom. The number of nitrogens with zero attached hydrogens (tertiary/aromatic N) is 3. The minimum absolute atomic E-state index is 0.0678. The number of fused-ring (bicyclic) bond motifs is 2. The van der Waals surface area contributed by atoms with Gasteiger partial charge in [-0.1, -0.05) is 18.2 Å². The Morgan fingerprint density at radius 1 is 1.09 bits per heavy atom. The highest BCUT2D eigenvalue weighted by Gasteiger charge is 2.17. The van der Waals surface area contributed by atoms with Gasteiger partial charge in [0.1, 0.15) is 0 Å². The van der Waals surface area contributed by atoms with Crippen molar-refractivity contribution in [3.8, 4) is 17.4 Å². The fraction of sp³-hybridized carbons (Fsp3) is 0.320. The number of amides is 1. The third-order valence-electron chi connectivity index (χ3n) is 5.20. The first-order valence-electron chi connectivity index (χ1n) is 10.9. The van der Waals surface area contributed by atoms with Gasteiger partial charge in [-0.15, -0.1) is 0 Å². The summed E-state index contributed by atoms with van der Waals surface area (Å²) in [6.45, 7) is 4.20. The SMILES string of the molecule is Cc1cncc(NC(=O)CN2CCCCCOc3ccccc3Oc3ncccc3C2)c1. The van der Waals surface area contributed by atoms with Gasteiger partial charge < -0.3 is 14.8 Å². The lowest BCUT2D eigenvalue weighted by Crippen LogP contribution is -2.34. The number of carbonyl (C=O) groups is 1. The van der Waals surface area contributed by atoms with E-state index >= 15 is 0 Å². The summed E-state index contributed by atoms with van der Waals surface area (Å²) in [6, 6.07) is 13.4. The van der Waals surface area contributed by atoms with E-state index in [1.165, 1.54) is 0 Å². The number of hydrogen-bond acceptors (Lipinski definition) is 6. The minimum atomic E-state index is -0.0678. The lowest BCUT2D eigenvalue weighted by Gasteiger charge is -2.22. The topological polar surface area (TPSA) is 76.6 Å². The predicted octanol–water partition coefficient (Wildman–Crippen LogP) is 4.58. The Kier molecular flexibility index (Phi) is 7.30. The first-order valence-corrected chi connectivity index (χ1v) is 10.9. The van der Waals surface area contributed by atoms with Crippen molar-refractivity contribution in [3.63, 3.8) is 0 Å². The highest BCUT2D eigenvalue weighted by atomic mass is 16.5.